The van der Waals surface area contributed by atoms with Crippen LogP contribution in [-0.2, 0) is 0 Å². The molecule has 158 valence electrons. The Bertz CT molecular complexity index is 336. The molecule has 0 aromatic rings. The first kappa shape index (κ1) is 28.4. The fourth-order valence-corrected chi connectivity index (χ4v) is 4.49. The second kappa shape index (κ2) is 11.9. The molecule has 0 saturated heterocycles. The quantitative estimate of drug-likeness (QED) is 0.271. The number of hydrogen-bond donors (Lipinski definition) is 0. The molecule has 0 amide bonds. The maximum absolute atomic E-state index is 2.50. The smallest absolute Gasteiger partial charge is 0.0974 e. The molecule has 0 unspecified atom stereocenters. The van der Waals surface area contributed by atoms with E-state index in [2.05, 4.69) is 81.4 Å². The van der Waals surface area contributed by atoms with Crippen LogP contribution in [-0.4, -0.2) is 30.7 Å². The first-order chi connectivity index (χ1) is 11.2. The molecule has 0 rings (SSSR count). The topological polar surface area (TPSA) is 0 Å². The maximum Gasteiger partial charge on any atom is 0.0974 e. The van der Waals surface area contributed by atoms with Gasteiger partial charge in [-0.1, -0.05) is 94.6 Å². The Morgan fingerprint density at radius 3 is 1.38 bits per heavy atom. The first-order valence-corrected chi connectivity index (χ1v) is 10.7. The van der Waals surface area contributed by atoms with Gasteiger partial charge in [0.25, 0.3) is 0 Å². The van der Waals surface area contributed by atoms with Crippen LogP contribution < -0.4 is 17.0 Å². The van der Waals surface area contributed by atoms with Crippen LogP contribution >= 0.6 is 0 Å². The van der Waals surface area contributed by atoms with Gasteiger partial charge < -0.3 is 21.5 Å². The van der Waals surface area contributed by atoms with Gasteiger partial charge in [-0.2, -0.15) is 0 Å². The predicted octanol–water partition coefficient (Wildman–Crippen LogP) is 4.47. The van der Waals surface area contributed by atoms with Gasteiger partial charge in [0.2, 0.25) is 0 Å². The Labute approximate surface area is 177 Å². The molecule has 0 N–H and O–H groups in total. The van der Waals surface area contributed by atoms with E-state index in [0.717, 1.165) is 0 Å². The number of unbranched alkanes of at least 4 members (excludes halogenated alkanes) is 4. The molecule has 0 aliphatic heterocycles. The fraction of sp³-hybridized carbons (Fsp3) is 0.917. The third-order valence-electron chi connectivity index (χ3n) is 4.31. The standard InChI is InChI=1S/C24H50N.BrH/c1-11-12-13-14-15-16-17-18-25(19-22(2,3)4,20-23(5,6)7)21-24(8,9)10;/h16-17H,11-15,18-21H2,1-10H3;1H/q+1;/p-1. The number of nitrogens with zero attached hydrogens (tertiary/aromatic N) is 1. The monoisotopic (exact) mass is 431 g/mol. The Hall–Kier alpha value is 0.180. The maximum atomic E-state index is 2.50. The van der Waals surface area contributed by atoms with E-state index in [0.29, 0.717) is 16.2 Å². The van der Waals surface area contributed by atoms with E-state index in [9.17, 15) is 0 Å². The van der Waals surface area contributed by atoms with Crippen molar-refractivity contribution in [3.05, 3.63) is 12.2 Å². The zero-order valence-electron chi connectivity index (χ0n) is 19.8. The van der Waals surface area contributed by atoms with E-state index in [1.54, 1.807) is 0 Å². The summed E-state index contributed by atoms with van der Waals surface area (Å²) in [5.74, 6) is 0. The zero-order chi connectivity index (χ0) is 19.8. The van der Waals surface area contributed by atoms with Crippen molar-refractivity contribution in [3.63, 3.8) is 0 Å². The van der Waals surface area contributed by atoms with E-state index in [1.165, 1.54) is 62.8 Å². The normalized spacial score (nSPS) is 13.9. The van der Waals surface area contributed by atoms with Crippen molar-refractivity contribution in [2.24, 2.45) is 16.2 Å². The van der Waals surface area contributed by atoms with Crippen molar-refractivity contribution in [1.29, 1.82) is 0 Å². The van der Waals surface area contributed by atoms with Gasteiger partial charge in [-0.3, -0.25) is 0 Å². The molecule has 2 heteroatoms. The van der Waals surface area contributed by atoms with Crippen LogP contribution in [0.5, 0.6) is 0 Å². The summed E-state index contributed by atoms with van der Waals surface area (Å²) in [6, 6.07) is 0. The van der Waals surface area contributed by atoms with Crippen LogP contribution in [0.25, 0.3) is 0 Å². The van der Waals surface area contributed by atoms with E-state index in [-0.39, 0.29) is 17.0 Å². The minimum Gasteiger partial charge on any atom is -1.00 e. The van der Waals surface area contributed by atoms with Gasteiger partial charge in [0.1, 0.15) is 0 Å². The van der Waals surface area contributed by atoms with Crippen molar-refractivity contribution in [2.75, 3.05) is 26.2 Å². The van der Waals surface area contributed by atoms with Crippen LogP contribution in [0.1, 0.15) is 101 Å². The number of hydrogen-bond acceptors (Lipinski definition) is 0. The minimum absolute atomic E-state index is 0. The first-order valence-electron chi connectivity index (χ1n) is 10.7. The van der Waals surface area contributed by atoms with Crippen LogP contribution in [0.4, 0.5) is 0 Å². The third-order valence-corrected chi connectivity index (χ3v) is 4.31. The van der Waals surface area contributed by atoms with E-state index < -0.39 is 0 Å². The number of rotatable bonds is 10. The summed E-state index contributed by atoms with van der Waals surface area (Å²) < 4.78 is 1.21. The highest BCUT2D eigenvalue weighted by Gasteiger charge is 2.38. The molecule has 0 saturated carbocycles. The van der Waals surface area contributed by atoms with E-state index in [4.69, 9.17) is 0 Å². The minimum atomic E-state index is 0. The summed E-state index contributed by atoms with van der Waals surface area (Å²) in [7, 11) is 0. The molecule has 1 nitrogen and oxygen atoms in total. The highest BCUT2D eigenvalue weighted by molar-refractivity contribution is 4.84. The van der Waals surface area contributed by atoms with Gasteiger partial charge in [-0.05, 0) is 18.9 Å². The highest BCUT2D eigenvalue weighted by atomic mass is 79.9. The molecule has 0 aromatic heterocycles. The second-order valence-corrected chi connectivity index (χ2v) is 12.0. The molecule has 0 bridgehead atoms. The summed E-state index contributed by atoms with van der Waals surface area (Å²) in [4.78, 5) is 0. The molecule has 0 spiro atoms. The molecular formula is C24H50BrN. The summed E-state index contributed by atoms with van der Waals surface area (Å²) in [6.07, 6.45) is 11.6. The van der Waals surface area contributed by atoms with Crippen molar-refractivity contribution >= 4 is 0 Å². The third kappa shape index (κ3) is 16.4. The van der Waals surface area contributed by atoms with Crippen molar-refractivity contribution in [2.45, 2.75) is 101 Å². The van der Waals surface area contributed by atoms with Gasteiger partial charge in [0.05, 0.1) is 26.2 Å². The molecular weight excluding hydrogens is 382 g/mol. The molecule has 0 aliphatic carbocycles. The summed E-state index contributed by atoms with van der Waals surface area (Å²) in [5.41, 5.74) is 1.06. The summed E-state index contributed by atoms with van der Waals surface area (Å²) >= 11 is 0. The van der Waals surface area contributed by atoms with Crippen LogP contribution in [0, 0.1) is 16.2 Å². The Balaban J connectivity index is 0. The average molecular weight is 433 g/mol. The molecule has 0 aromatic carbocycles. The number of allylic oxidation sites excluding steroid dienone is 1. The van der Waals surface area contributed by atoms with Gasteiger partial charge in [0, 0.05) is 16.2 Å². The molecule has 26 heavy (non-hydrogen) atoms. The van der Waals surface area contributed by atoms with Crippen molar-refractivity contribution in [3.8, 4) is 0 Å². The Morgan fingerprint density at radius 2 is 1.04 bits per heavy atom. The SMILES string of the molecule is CCCCCCC=CC[N+](CC(C)(C)C)(CC(C)(C)C)CC(C)(C)C.[Br-]. The van der Waals surface area contributed by atoms with Crippen LogP contribution in [0.15, 0.2) is 12.2 Å². The summed E-state index contributed by atoms with van der Waals surface area (Å²) in [5, 5.41) is 0. The molecule has 0 atom stereocenters. The lowest BCUT2D eigenvalue weighted by Crippen LogP contribution is -3.00. The lowest BCUT2D eigenvalue weighted by atomic mass is 9.86. The number of quaternary nitrogens is 1. The van der Waals surface area contributed by atoms with E-state index >= 15 is 0 Å². The molecule has 0 fully saturated rings. The summed E-state index contributed by atoms with van der Waals surface area (Å²) in [6.45, 7) is 28.8. The second-order valence-electron chi connectivity index (χ2n) is 12.0. The highest BCUT2D eigenvalue weighted by Crippen LogP contribution is 2.32. The fourth-order valence-electron chi connectivity index (χ4n) is 4.49. The van der Waals surface area contributed by atoms with Gasteiger partial charge in [0.15, 0.2) is 0 Å². The lowest BCUT2D eigenvalue weighted by Gasteiger charge is -2.48. The van der Waals surface area contributed by atoms with Gasteiger partial charge in [-0.25, -0.2) is 0 Å². The zero-order valence-corrected chi connectivity index (χ0v) is 21.4. The lowest BCUT2D eigenvalue weighted by molar-refractivity contribution is -0.939. The Morgan fingerprint density at radius 1 is 0.615 bits per heavy atom. The Kier molecular flexibility index (Phi) is 13.0. The van der Waals surface area contributed by atoms with E-state index in [1.807, 2.05) is 0 Å². The molecule has 0 radical (unpaired) electrons. The largest absolute Gasteiger partial charge is 1.00 e. The number of halogens is 1. The van der Waals surface area contributed by atoms with Crippen molar-refractivity contribution in [1.82, 2.24) is 0 Å². The average Bonchev–Trinajstić information content (AvgIpc) is 2.31. The predicted molar refractivity (Wildman–Crippen MR) is 116 cm³/mol. The molecule has 0 aliphatic rings. The van der Waals surface area contributed by atoms with Crippen LogP contribution in [0.3, 0.4) is 0 Å². The van der Waals surface area contributed by atoms with Gasteiger partial charge in [-0.15, -0.1) is 0 Å². The molecule has 0 heterocycles. The van der Waals surface area contributed by atoms with Gasteiger partial charge >= 0.3 is 0 Å². The van der Waals surface area contributed by atoms with Crippen LogP contribution in [0.2, 0.25) is 0 Å². The van der Waals surface area contributed by atoms with Crippen molar-refractivity contribution < 1.29 is 21.5 Å².